The van der Waals surface area contributed by atoms with Crippen molar-refractivity contribution in [3.8, 4) is 10.7 Å². The first kappa shape index (κ1) is 11.8. The van der Waals surface area contributed by atoms with E-state index in [4.69, 9.17) is 27.9 Å². The molecule has 0 N–H and O–H groups in total. The van der Waals surface area contributed by atoms with Gasteiger partial charge in [-0.2, -0.15) is 0 Å². The molecule has 0 amide bonds. The Bertz CT molecular complexity index is 501. The summed E-state index contributed by atoms with van der Waals surface area (Å²) in [4.78, 5) is 8.53. The fourth-order valence-electron chi connectivity index (χ4n) is 1.20. The number of nitrogens with zero attached hydrogens (tertiary/aromatic N) is 2. The Labute approximate surface area is 107 Å². The highest BCUT2D eigenvalue weighted by Crippen LogP contribution is 2.30. The summed E-state index contributed by atoms with van der Waals surface area (Å²) in [6.07, 6.45) is 1.56. The van der Waals surface area contributed by atoms with E-state index in [1.807, 2.05) is 5.38 Å². The molecule has 0 saturated carbocycles. The van der Waals surface area contributed by atoms with Gasteiger partial charge in [0.1, 0.15) is 10.7 Å². The molecule has 0 atom stereocenters. The largest absolute Gasteiger partial charge is 0.378 e. The topological polar surface area (TPSA) is 35.0 Å². The van der Waals surface area contributed by atoms with Gasteiger partial charge < -0.3 is 4.74 Å². The van der Waals surface area contributed by atoms with Crippen LogP contribution in [0.5, 0.6) is 0 Å². The lowest BCUT2D eigenvalue weighted by molar-refractivity contribution is 0.182. The molecule has 0 aliphatic carbocycles. The predicted octanol–water partition coefficient (Wildman–Crippen LogP) is 3.66. The van der Waals surface area contributed by atoms with Crippen LogP contribution in [0.4, 0.5) is 0 Å². The van der Waals surface area contributed by atoms with Crippen molar-refractivity contribution in [2.45, 2.75) is 6.61 Å². The van der Waals surface area contributed by atoms with Crippen LogP contribution in [0.25, 0.3) is 10.7 Å². The monoisotopic (exact) mass is 274 g/mol. The van der Waals surface area contributed by atoms with Gasteiger partial charge in [0.25, 0.3) is 0 Å². The molecule has 2 rings (SSSR count). The molecule has 6 heteroatoms. The van der Waals surface area contributed by atoms with E-state index >= 15 is 0 Å². The normalized spacial score (nSPS) is 10.7. The SMILES string of the molecule is COCc1csc(-c2ncc(Cl)cc2Cl)n1. The average molecular weight is 275 g/mol. The van der Waals surface area contributed by atoms with Gasteiger partial charge in [0.2, 0.25) is 0 Å². The van der Waals surface area contributed by atoms with Gasteiger partial charge in [-0.05, 0) is 6.07 Å². The third kappa shape index (κ3) is 2.52. The summed E-state index contributed by atoms with van der Waals surface area (Å²) < 4.78 is 5.00. The molecule has 0 aliphatic rings. The minimum atomic E-state index is 0.488. The number of hydrogen-bond acceptors (Lipinski definition) is 4. The Hall–Kier alpha value is -0.680. The highest BCUT2D eigenvalue weighted by molar-refractivity contribution is 7.13. The van der Waals surface area contributed by atoms with Crippen molar-refractivity contribution in [2.75, 3.05) is 7.11 Å². The van der Waals surface area contributed by atoms with Crippen LogP contribution in [0, 0.1) is 0 Å². The molecule has 0 fully saturated rings. The number of halogens is 2. The van der Waals surface area contributed by atoms with Crippen LogP contribution in [0.1, 0.15) is 5.69 Å². The van der Waals surface area contributed by atoms with E-state index in [1.165, 1.54) is 11.3 Å². The van der Waals surface area contributed by atoms with Crippen molar-refractivity contribution in [1.82, 2.24) is 9.97 Å². The van der Waals surface area contributed by atoms with Crippen molar-refractivity contribution < 1.29 is 4.74 Å². The van der Waals surface area contributed by atoms with Gasteiger partial charge in [0.05, 0.1) is 22.3 Å². The molecular weight excluding hydrogens is 267 g/mol. The smallest absolute Gasteiger partial charge is 0.143 e. The third-order valence-electron chi connectivity index (χ3n) is 1.85. The second-order valence-corrected chi connectivity index (χ2v) is 4.76. The van der Waals surface area contributed by atoms with Crippen LogP contribution in [0.3, 0.4) is 0 Å². The Morgan fingerprint density at radius 2 is 2.25 bits per heavy atom. The quantitative estimate of drug-likeness (QED) is 0.857. The fourth-order valence-corrected chi connectivity index (χ4v) is 2.54. The van der Waals surface area contributed by atoms with E-state index in [1.54, 1.807) is 19.4 Å². The molecule has 0 unspecified atom stereocenters. The van der Waals surface area contributed by atoms with Gasteiger partial charge in [-0.1, -0.05) is 23.2 Å². The number of methoxy groups -OCH3 is 1. The minimum absolute atomic E-state index is 0.488. The van der Waals surface area contributed by atoms with Crippen molar-refractivity contribution in [3.05, 3.63) is 33.4 Å². The molecule has 0 bridgehead atoms. The maximum atomic E-state index is 6.04. The molecule has 0 aromatic carbocycles. The number of aromatic nitrogens is 2. The lowest BCUT2D eigenvalue weighted by Crippen LogP contribution is -1.88. The summed E-state index contributed by atoms with van der Waals surface area (Å²) in [7, 11) is 1.63. The fraction of sp³-hybridized carbons (Fsp3) is 0.200. The zero-order valence-corrected chi connectivity index (χ0v) is 10.7. The van der Waals surface area contributed by atoms with Crippen molar-refractivity contribution >= 4 is 34.5 Å². The van der Waals surface area contributed by atoms with Crippen LogP contribution in [-0.2, 0) is 11.3 Å². The molecule has 2 aromatic rings. The van der Waals surface area contributed by atoms with Crippen molar-refractivity contribution in [1.29, 1.82) is 0 Å². The molecule has 0 radical (unpaired) electrons. The number of ether oxygens (including phenoxy) is 1. The highest BCUT2D eigenvalue weighted by Gasteiger charge is 2.10. The molecule has 0 aliphatic heterocycles. The molecule has 3 nitrogen and oxygen atoms in total. The second kappa shape index (κ2) is 5.10. The number of thiazole rings is 1. The highest BCUT2D eigenvalue weighted by atomic mass is 35.5. The molecule has 84 valence electrons. The van der Waals surface area contributed by atoms with Crippen molar-refractivity contribution in [3.63, 3.8) is 0 Å². The predicted molar refractivity (Wildman–Crippen MR) is 66.1 cm³/mol. The van der Waals surface area contributed by atoms with Gasteiger partial charge in [-0.3, -0.25) is 4.98 Å². The summed E-state index contributed by atoms with van der Waals surface area (Å²) in [5.41, 5.74) is 1.52. The van der Waals surface area contributed by atoms with Gasteiger partial charge in [-0.25, -0.2) is 4.98 Å². The van der Waals surface area contributed by atoms with E-state index in [2.05, 4.69) is 9.97 Å². The van der Waals surface area contributed by atoms with Crippen LogP contribution < -0.4 is 0 Å². The molecule has 2 heterocycles. The first-order valence-electron chi connectivity index (χ1n) is 4.45. The van der Waals surface area contributed by atoms with E-state index in [9.17, 15) is 0 Å². The maximum Gasteiger partial charge on any atom is 0.143 e. The van der Waals surface area contributed by atoms with E-state index in [-0.39, 0.29) is 0 Å². The van der Waals surface area contributed by atoms with Gasteiger partial charge >= 0.3 is 0 Å². The first-order chi connectivity index (χ1) is 7.70. The van der Waals surface area contributed by atoms with Crippen LogP contribution in [0.15, 0.2) is 17.6 Å². The lowest BCUT2D eigenvalue weighted by atomic mass is 10.3. The number of hydrogen-bond donors (Lipinski definition) is 0. The zero-order chi connectivity index (χ0) is 11.5. The van der Waals surface area contributed by atoms with Crippen LogP contribution in [-0.4, -0.2) is 17.1 Å². The Morgan fingerprint density at radius 1 is 1.44 bits per heavy atom. The lowest BCUT2D eigenvalue weighted by Gasteiger charge is -1.99. The number of pyridine rings is 1. The summed E-state index contributed by atoms with van der Waals surface area (Å²) in [6, 6.07) is 1.66. The zero-order valence-electron chi connectivity index (χ0n) is 8.41. The average Bonchev–Trinajstić information content (AvgIpc) is 2.67. The maximum absolute atomic E-state index is 6.04. The van der Waals surface area contributed by atoms with Crippen LogP contribution in [0.2, 0.25) is 10.0 Å². The third-order valence-corrected chi connectivity index (χ3v) is 3.25. The molecule has 0 saturated heterocycles. The Morgan fingerprint density at radius 3 is 2.94 bits per heavy atom. The summed E-state index contributed by atoms with van der Waals surface area (Å²) in [5.74, 6) is 0. The standard InChI is InChI=1S/C10H8Cl2N2OS/c1-15-4-7-5-16-10(14-7)9-8(12)2-6(11)3-13-9/h2-3,5H,4H2,1H3. The van der Waals surface area contributed by atoms with E-state index in [0.29, 0.717) is 22.3 Å². The van der Waals surface area contributed by atoms with E-state index in [0.717, 1.165) is 10.7 Å². The molecular formula is C10H8Cl2N2OS. The first-order valence-corrected chi connectivity index (χ1v) is 6.09. The van der Waals surface area contributed by atoms with Gasteiger partial charge in [0.15, 0.2) is 0 Å². The number of rotatable bonds is 3. The molecule has 0 spiro atoms. The molecule has 16 heavy (non-hydrogen) atoms. The van der Waals surface area contributed by atoms with E-state index < -0.39 is 0 Å². The second-order valence-electron chi connectivity index (χ2n) is 3.06. The summed E-state index contributed by atoms with van der Waals surface area (Å²) in [5, 5.41) is 3.72. The van der Waals surface area contributed by atoms with Gasteiger partial charge in [0, 0.05) is 18.7 Å². The minimum Gasteiger partial charge on any atom is -0.378 e. The Kier molecular flexibility index (Phi) is 3.76. The van der Waals surface area contributed by atoms with Crippen LogP contribution >= 0.6 is 34.5 Å². The van der Waals surface area contributed by atoms with Gasteiger partial charge in [-0.15, -0.1) is 11.3 Å². The molecule has 2 aromatic heterocycles. The summed E-state index contributed by atoms with van der Waals surface area (Å²) >= 11 is 13.3. The van der Waals surface area contributed by atoms with Crippen molar-refractivity contribution in [2.24, 2.45) is 0 Å². The Balaban J connectivity index is 2.35. The summed E-state index contributed by atoms with van der Waals surface area (Å²) in [6.45, 7) is 0.488.